The number of fused-ring (bicyclic) bond motifs is 2. The van der Waals surface area contributed by atoms with Gasteiger partial charge in [-0.05, 0) is 49.1 Å². The van der Waals surface area contributed by atoms with Crippen LogP contribution in [0, 0.1) is 0 Å². The zero-order chi connectivity index (χ0) is 11.0. The van der Waals surface area contributed by atoms with E-state index in [9.17, 15) is 0 Å². The van der Waals surface area contributed by atoms with E-state index in [1.807, 2.05) is 0 Å². The average molecular weight is 215 g/mol. The number of aryl methyl sites for hydroxylation is 1. The first kappa shape index (κ1) is 10.3. The summed E-state index contributed by atoms with van der Waals surface area (Å²) < 4.78 is 0. The Morgan fingerprint density at radius 1 is 1.06 bits per heavy atom. The van der Waals surface area contributed by atoms with Crippen molar-refractivity contribution in [1.82, 2.24) is 5.32 Å². The maximum Gasteiger partial charge on any atom is 0.00760 e. The van der Waals surface area contributed by atoms with Crippen LogP contribution in [0.15, 0.2) is 24.3 Å². The van der Waals surface area contributed by atoms with Crippen molar-refractivity contribution in [2.75, 3.05) is 0 Å². The first-order valence-electron chi connectivity index (χ1n) is 6.70. The van der Waals surface area contributed by atoms with E-state index in [0.717, 1.165) is 24.4 Å². The molecule has 2 heterocycles. The standard InChI is InChI=1S/C15H21N/c1-2-11-3-5-12(6-4-11)13-9-14-7-8-15(10-13)16-14/h3-6,13-16H,2,7-10H2,1H3. The molecular formula is C15H21N. The Labute approximate surface area is 98.3 Å². The molecule has 2 atom stereocenters. The van der Waals surface area contributed by atoms with Crippen molar-refractivity contribution in [2.24, 2.45) is 0 Å². The number of nitrogens with one attached hydrogen (secondary N) is 1. The van der Waals surface area contributed by atoms with Crippen LogP contribution in [0.4, 0.5) is 0 Å². The molecule has 2 bridgehead atoms. The number of rotatable bonds is 2. The molecule has 1 nitrogen and oxygen atoms in total. The second-order valence-corrected chi connectivity index (χ2v) is 5.40. The van der Waals surface area contributed by atoms with E-state index < -0.39 is 0 Å². The van der Waals surface area contributed by atoms with Gasteiger partial charge < -0.3 is 5.32 Å². The summed E-state index contributed by atoms with van der Waals surface area (Å²) in [5.41, 5.74) is 3.02. The van der Waals surface area contributed by atoms with Gasteiger partial charge in [-0.2, -0.15) is 0 Å². The van der Waals surface area contributed by atoms with Gasteiger partial charge in [0.15, 0.2) is 0 Å². The summed E-state index contributed by atoms with van der Waals surface area (Å²) in [5.74, 6) is 0.810. The molecule has 16 heavy (non-hydrogen) atoms. The molecule has 2 aliphatic heterocycles. The van der Waals surface area contributed by atoms with Crippen molar-refractivity contribution in [3.8, 4) is 0 Å². The van der Waals surface area contributed by atoms with Gasteiger partial charge in [0.1, 0.15) is 0 Å². The Kier molecular flexibility index (Phi) is 2.72. The molecule has 1 heteroatoms. The fraction of sp³-hybridized carbons (Fsp3) is 0.600. The molecule has 0 aromatic heterocycles. The van der Waals surface area contributed by atoms with Crippen LogP contribution in [0.1, 0.15) is 49.7 Å². The van der Waals surface area contributed by atoms with E-state index in [2.05, 4.69) is 36.5 Å². The number of benzene rings is 1. The minimum absolute atomic E-state index is 0.801. The van der Waals surface area contributed by atoms with Crippen LogP contribution in [0.2, 0.25) is 0 Å². The van der Waals surface area contributed by atoms with Crippen LogP contribution >= 0.6 is 0 Å². The molecule has 1 aromatic rings. The Balaban J connectivity index is 1.76. The molecule has 1 aromatic carbocycles. The molecule has 0 radical (unpaired) electrons. The van der Waals surface area contributed by atoms with E-state index >= 15 is 0 Å². The van der Waals surface area contributed by atoms with Crippen LogP contribution in [0.25, 0.3) is 0 Å². The van der Waals surface area contributed by atoms with Gasteiger partial charge >= 0.3 is 0 Å². The lowest BCUT2D eigenvalue weighted by molar-refractivity contribution is 0.363. The van der Waals surface area contributed by atoms with Crippen LogP contribution in [-0.2, 0) is 6.42 Å². The lowest BCUT2D eigenvalue weighted by atomic mass is 9.86. The SMILES string of the molecule is CCc1ccc(C2CC3CCC(C2)N3)cc1. The molecule has 86 valence electrons. The third-order valence-electron chi connectivity index (χ3n) is 4.33. The molecule has 1 N–H and O–H groups in total. The molecule has 2 fully saturated rings. The number of piperidine rings is 1. The van der Waals surface area contributed by atoms with Gasteiger partial charge in [-0.25, -0.2) is 0 Å². The highest BCUT2D eigenvalue weighted by Crippen LogP contribution is 2.37. The maximum absolute atomic E-state index is 3.71. The van der Waals surface area contributed by atoms with Gasteiger partial charge in [-0.1, -0.05) is 31.2 Å². The summed E-state index contributed by atoms with van der Waals surface area (Å²) in [6.45, 7) is 2.22. The Hall–Kier alpha value is -0.820. The molecule has 0 saturated carbocycles. The smallest absolute Gasteiger partial charge is 0.00760 e. The minimum atomic E-state index is 0.801. The molecular weight excluding hydrogens is 194 g/mol. The van der Waals surface area contributed by atoms with E-state index in [1.165, 1.54) is 31.2 Å². The van der Waals surface area contributed by atoms with Crippen LogP contribution in [0.3, 0.4) is 0 Å². The van der Waals surface area contributed by atoms with Crippen molar-refractivity contribution >= 4 is 0 Å². The van der Waals surface area contributed by atoms with Crippen LogP contribution in [0.5, 0.6) is 0 Å². The zero-order valence-electron chi connectivity index (χ0n) is 10.1. The second kappa shape index (κ2) is 4.21. The number of hydrogen-bond donors (Lipinski definition) is 1. The average Bonchev–Trinajstić information content (AvgIpc) is 2.68. The topological polar surface area (TPSA) is 12.0 Å². The Morgan fingerprint density at radius 3 is 2.25 bits per heavy atom. The van der Waals surface area contributed by atoms with Crippen molar-refractivity contribution in [2.45, 2.75) is 57.0 Å². The summed E-state index contributed by atoms with van der Waals surface area (Å²) in [7, 11) is 0. The second-order valence-electron chi connectivity index (χ2n) is 5.40. The van der Waals surface area contributed by atoms with E-state index in [-0.39, 0.29) is 0 Å². The fourth-order valence-corrected chi connectivity index (χ4v) is 3.35. The fourth-order valence-electron chi connectivity index (χ4n) is 3.35. The molecule has 2 unspecified atom stereocenters. The monoisotopic (exact) mass is 215 g/mol. The van der Waals surface area contributed by atoms with Gasteiger partial charge in [-0.15, -0.1) is 0 Å². The highest BCUT2D eigenvalue weighted by atomic mass is 15.0. The molecule has 0 amide bonds. The minimum Gasteiger partial charge on any atom is -0.311 e. The van der Waals surface area contributed by atoms with Gasteiger partial charge in [0, 0.05) is 12.1 Å². The predicted molar refractivity (Wildman–Crippen MR) is 67.7 cm³/mol. The summed E-state index contributed by atoms with van der Waals surface area (Å²) >= 11 is 0. The summed E-state index contributed by atoms with van der Waals surface area (Å²) in [6.07, 6.45) is 6.64. The van der Waals surface area contributed by atoms with Crippen LogP contribution < -0.4 is 5.32 Å². The lowest BCUT2D eigenvalue weighted by Gasteiger charge is -2.29. The zero-order valence-corrected chi connectivity index (χ0v) is 10.1. The van der Waals surface area contributed by atoms with Gasteiger partial charge in [0.05, 0.1) is 0 Å². The van der Waals surface area contributed by atoms with Gasteiger partial charge in [0.2, 0.25) is 0 Å². The van der Waals surface area contributed by atoms with Crippen molar-refractivity contribution in [3.63, 3.8) is 0 Å². The molecule has 2 aliphatic rings. The van der Waals surface area contributed by atoms with Gasteiger partial charge in [-0.3, -0.25) is 0 Å². The quantitative estimate of drug-likeness (QED) is 0.798. The third-order valence-corrected chi connectivity index (χ3v) is 4.33. The summed E-state index contributed by atoms with van der Waals surface area (Å²) in [6, 6.07) is 10.9. The normalized spacial score (nSPS) is 32.9. The Bertz CT molecular complexity index is 342. The highest BCUT2D eigenvalue weighted by molar-refractivity contribution is 5.26. The molecule has 0 spiro atoms. The van der Waals surface area contributed by atoms with E-state index in [0.29, 0.717) is 0 Å². The van der Waals surface area contributed by atoms with Gasteiger partial charge in [0.25, 0.3) is 0 Å². The lowest BCUT2D eigenvalue weighted by Crippen LogP contribution is -2.37. The summed E-state index contributed by atoms with van der Waals surface area (Å²) in [5, 5.41) is 3.71. The maximum atomic E-state index is 3.71. The summed E-state index contributed by atoms with van der Waals surface area (Å²) in [4.78, 5) is 0. The largest absolute Gasteiger partial charge is 0.311 e. The van der Waals surface area contributed by atoms with E-state index in [4.69, 9.17) is 0 Å². The van der Waals surface area contributed by atoms with Crippen molar-refractivity contribution in [1.29, 1.82) is 0 Å². The number of hydrogen-bond acceptors (Lipinski definition) is 1. The van der Waals surface area contributed by atoms with Crippen molar-refractivity contribution < 1.29 is 0 Å². The first-order chi connectivity index (χ1) is 7.85. The highest BCUT2D eigenvalue weighted by Gasteiger charge is 2.33. The van der Waals surface area contributed by atoms with Crippen molar-refractivity contribution in [3.05, 3.63) is 35.4 Å². The van der Waals surface area contributed by atoms with Crippen LogP contribution in [-0.4, -0.2) is 12.1 Å². The predicted octanol–water partition coefficient (Wildman–Crippen LogP) is 3.25. The molecule has 2 saturated heterocycles. The first-order valence-corrected chi connectivity index (χ1v) is 6.70. The third kappa shape index (κ3) is 1.89. The molecule has 3 rings (SSSR count). The van der Waals surface area contributed by atoms with E-state index in [1.54, 1.807) is 5.56 Å². The molecule has 0 aliphatic carbocycles. The Morgan fingerprint density at radius 2 is 1.69 bits per heavy atom.